The van der Waals surface area contributed by atoms with Gasteiger partial charge in [0.05, 0.1) is 11.4 Å². The van der Waals surface area contributed by atoms with E-state index < -0.39 is 5.91 Å². The molecule has 0 fully saturated rings. The summed E-state index contributed by atoms with van der Waals surface area (Å²) >= 11 is 9.08. The number of aryl methyl sites for hydroxylation is 1. The van der Waals surface area contributed by atoms with Gasteiger partial charge in [0.25, 0.3) is 5.91 Å². The SMILES string of the molecule is Cc1cc(C(=O)Nc2cc(Br)cnc2Cl)on1. The number of hydrogen-bond acceptors (Lipinski definition) is 4. The van der Waals surface area contributed by atoms with E-state index >= 15 is 0 Å². The number of amides is 1. The van der Waals surface area contributed by atoms with Gasteiger partial charge in [0, 0.05) is 16.7 Å². The summed E-state index contributed by atoms with van der Waals surface area (Å²) in [5.41, 5.74) is 1.04. The molecule has 0 radical (unpaired) electrons. The van der Waals surface area contributed by atoms with Crippen LogP contribution >= 0.6 is 27.5 Å². The summed E-state index contributed by atoms with van der Waals surface area (Å²) in [5.74, 6) is -0.300. The standard InChI is InChI=1S/C10H7BrClN3O2/c1-5-2-8(17-15-5)10(16)14-7-3-6(11)4-13-9(7)12/h2-4H,1H3,(H,14,16). The summed E-state index contributed by atoms with van der Waals surface area (Å²) in [7, 11) is 0. The molecule has 5 nitrogen and oxygen atoms in total. The lowest BCUT2D eigenvalue weighted by Crippen LogP contribution is -2.11. The van der Waals surface area contributed by atoms with Crippen LogP contribution in [0.2, 0.25) is 5.15 Å². The minimum Gasteiger partial charge on any atom is -0.351 e. The summed E-state index contributed by atoms with van der Waals surface area (Å²) in [6, 6.07) is 3.19. The molecule has 88 valence electrons. The van der Waals surface area contributed by atoms with Gasteiger partial charge in [-0.15, -0.1) is 0 Å². The number of nitrogens with one attached hydrogen (secondary N) is 1. The molecule has 0 saturated carbocycles. The van der Waals surface area contributed by atoms with Crippen molar-refractivity contribution in [2.45, 2.75) is 6.92 Å². The second kappa shape index (κ2) is 4.85. The zero-order valence-corrected chi connectivity index (χ0v) is 11.0. The number of anilines is 1. The molecule has 0 unspecified atom stereocenters. The average molecular weight is 317 g/mol. The average Bonchev–Trinajstić information content (AvgIpc) is 2.70. The van der Waals surface area contributed by atoms with E-state index in [1.165, 1.54) is 12.3 Å². The van der Waals surface area contributed by atoms with Crippen molar-refractivity contribution < 1.29 is 9.32 Å². The molecule has 0 saturated heterocycles. The fourth-order valence-corrected chi connectivity index (χ4v) is 1.65. The van der Waals surface area contributed by atoms with Crippen molar-refractivity contribution in [3.63, 3.8) is 0 Å². The number of aromatic nitrogens is 2. The lowest BCUT2D eigenvalue weighted by atomic mass is 10.3. The third-order valence-electron chi connectivity index (χ3n) is 1.91. The number of carbonyl (C=O) groups is 1. The number of nitrogens with zero attached hydrogens (tertiary/aromatic N) is 2. The Kier molecular flexibility index (Phi) is 3.44. The zero-order chi connectivity index (χ0) is 12.4. The fourth-order valence-electron chi connectivity index (χ4n) is 1.16. The van der Waals surface area contributed by atoms with Crippen molar-refractivity contribution in [2.75, 3.05) is 5.32 Å². The lowest BCUT2D eigenvalue weighted by Gasteiger charge is -2.04. The van der Waals surface area contributed by atoms with Gasteiger partial charge in [-0.1, -0.05) is 16.8 Å². The van der Waals surface area contributed by atoms with E-state index in [0.717, 1.165) is 0 Å². The summed E-state index contributed by atoms with van der Waals surface area (Å²) in [6.07, 6.45) is 1.54. The quantitative estimate of drug-likeness (QED) is 0.865. The van der Waals surface area contributed by atoms with E-state index in [0.29, 0.717) is 15.9 Å². The van der Waals surface area contributed by atoms with Crippen molar-refractivity contribution in [3.8, 4) is 0 Å². The van der Waals surface area contributed by atoms with Crippen LogP contribution in [-0.2, 0) is 0 Å². The molecule has 0 spiro atoms. The van der Waals surface area contributed by atoms with Crippen LogP contribution in [0.5, 0.6) is 0 Å². The Balaban J connectivity index is 2.21. The van der Waals surface area contributed by atoms with E-state index in [1.54, 1.807) is 13.0 Å². The highest BCUT2D eigenvalue weighted by Crippen LogP contribution is 2.23. The van der Waals surface area contributed by atoms with Gasteiger partial charge in [-0.05, 0) is 28.9 Å². The van der Waals surface area contributed by atoms with Crippen LogP contribution < -0.4 is 5.32 Å². The van der Waals surface area contributed by atoms with Crippen molar-refractivity contribution in [3.05, 3.63) is 39.4 Å². The van der Waals surface area contributed by atoms with Crippen molar-refractivity contribution in [1.82, 2.24) is 10.1 Å². The topological polar surface area (TPSA) is 68.0 Å². The monoisotopic (exact) mass is 315 g/mol. The molecule has 2 rings (SSSR count). The number of hydrogen-bond donors (Lipinski definition) is 1. The highest BCUT2D eigenvalue weighted by molar-refractivity contribution is 9.10. The first-order chi connectivity index (χ1) is 8.06. The van der Waals surface area contributed by atoms with Crippen molar-refractivity contribution in [1.29, 1.82) is 0 Å². The maximum Gasteiger partial charge on any atom is 0.294 e. The van der Waals surface area contributed by atoms with E-state index in [4.69, 9.17) is 16.1 Å². The molecule has 2 aromatic heterocycles. The molecule has 2 aromatic rings. The van der Waals surface area contributed by atoms with Crippen LogP contribution in [0.1, 0.15) is 16.2 Å². The van der Waals surface area contributed by atoms with Crippen molar-refractivity contribution >= 4 is 39.1 Å². The van der Waals surface area contributed by atoms with E-state index in [9.17, 15) is 4.79 Å². The molecule has 0 aliphatic heterocycles. The summed E-state index contributed by atoms with van der Waals surface area (Å²) in [4.78, 5) is 15.6. The van der Waals surface area contributed by atoms with Crippen LogP contribution in [0, 0.1) is 6.92 Å². The molecule has 0 aliphatic rings. The predicted octanol–water partition coefficient (Wildman–Crippen LogP) is 3.05. The van der Waals surface area contributed by atoms with Crippen LogP contribution in [0.3, 0.4) is 0 Å². The first-order valence-electron chi connectivity index (χ1n) is 4.62. The van der Waals surface area contributed by atoms with E-state index in [2.05, 4.69) is 31.4 Å². The molecule has 0 aromatic carbocycles. The third kappa shape index (κ3) is 2.83. The molecular formula is C10H7BrClN3O2. The second-order valence-electron chi connectivity index (χ2n) is 3.28. The number of carbonyl (C=O) groups excluding carboxylic acids is 1. The van der Waals surface area contributed by atoms with E-state index in [-0.39, 0.29) is 10.9 Å². The predicted molar refractivity (Wildman–Crippen MR) is 66.1 cm³/mol. The zero-order valence-electron chi connectivity index (χ0n) is 8.70. The second-order valence-corrected chi connectivity index (χ2v) is 4.55. The fraction of sp³-hybridized carbons (Fsp3) is 0.100. The molecule has 0 atom stereocenters. The van der Waals surface area contributed by atoms with Gasteiger partial charge in [-0.2, -0.15) is 0 Å². The largest absolute Gasteiger partial charge is 0.351 e. The smallest absolute Gasteiger partial charge is 0.294 e. The highest BCUT2D eigenvalue weighted by atomic mass is 79.9. The van der Waals surface area contributed by atoms with Crippen LogP contribution in [-0.4, -0.2) is 16.0 Å². The molecule has 0 bridgehead atoms. The van der Waals surface area contributed by atoms with Gasteiger partial charge in [0.2, 0.25) is 5.76 Å². The Morgan fingerprint density at radius 3 is 2.94 bits per heavy atom. The Morgan fingerprint density at radius 2 is 2.29 bits per heavy atom. The molecule has 7 heteroatoms. The summed E-state index contributed by atoms with van der Waals surface area (Å²) < 4.78 is 5.54. The van der Waals surface area contributed by atoms with Gasteiger partial charge in [-0.25, -0.2) is 4.98 Å². The van der Waals surface area contributed by atoms with Gasteiger partial charge in [0.15, 0.2) is 5.15 Å². The number of halogens is 2. The Bertz CT molecular complexity index is 570. The van der Waals surface area contributed by atoms with Gasteiger partial charge in [-0.3, -0.25) is 4.79 Å². The summed E-state index contributed by atoms with van der Waals surface area (Å²) in [5, 5.41) is 6.42. The number of rotatable bonds is 2. The van der Waals surface area contributed by atoms with Crippen molar-refractivity contribution in [2.24, 2.45) is 0 Å². The Morgan fingerprint density at radius 1 is 1.53 bits per heavy atom. The van der Waals surface area contributed by atoms with E-state index in [1.807, 2.05) is 0 Å². The molecule has 0 aliphatic carbocycles. The van der Waals surface area contributed by atoms with Crippen LogP contribution in [0.25, 0.3) is 0 Å². The third-order valence-corrected chi connectivity index (χ3v) is 2.64. The maximum atomic E-state index is 11.7. The minimum absolute atomic E-state index is 0.124. The molecular weight excluding hydrogens is 309 g/mol. The Labute approximate surface area is 110 Å². The van der Waals surface area contributed by atoms with Crippen LogP contribution in [0.4, 0.5) is 5.69 Å². The lowest BCUT2D eigenvalue weighted by molar-refractivity contribution is 0.0988. The molecule has 1 N–H and O–H groups in total. The highest BCUT2D eigenvalue weighted by Gasteiger charge is 2.13. The Hall–Kier alpha value is -1.40. The molecule has 17 heavy (non-hydrogen) atoms. The van der Waals surface area contributed by atoms with Gasteiger partial charge < -0.3 is 9.84 Å². The summed E-state index contributed by atoms with van der Waals surface area (Å²) in [6.45, 7) is 1.73. The first-order valence-corrected chi connectivity index (χ1v) is 5.79. The van der Waals surface area contributed by atoms with Gasteiger partial charge in [0.1, 0.15) is 0 Å². The number of pyridine rings is 1. The minimum atomic E-state index is -0.424. The first kappa shape index (κ1) is 12.1. The van der Waals surface area contributed by atoms with Gasteiger partial charge >= 0.3 is 0 Å². The molecule has 1 amide bonds. The molecule has 2 heterocycles. The normalized spacial score (nSPS) is 10.3. The maximum absolute atomic E-state index is 11.7. The van der Waals surface area contributed by atoms with Crippen LogP contribution in [0.15, 0.2) is 27.3 Å².